The van der Waals surface area contributed by atoms with Crippen LogP contribution in [0.1, 0.15) is 52.9 Å². The van der Waals surface area contributed by atoms with E-state index in [-0.39, 0.29) is 12.8 Å². The minimum absolute atomic E-state index is 0. The van der Waals surface area contributed by atoms with Crippen molar-refractivity contribution in [2.24, 2.45) is 10.9 Å². The number of hydrogen-bond acceptors (Lipinski definition) is 4. The third kappa shape index (κ3) is 6.05. The second kappa shape index (κ2) is 12.2. The predicted octanol–water partition coefficient (Wildman–Crippen LogP) is 5.38. The zero-order valence-electron chi connectivity index (χ0n) is 19.8. The van der Waals surface area contributed by atoms with Gasteiger partial charge in [0.05, 0.1) is 18.8 Å². The number of nitrogens with one attached hydrogen (secondary N) is 1. The number of carbonyl (C=O) groups excluding carboxylic acids is 1. The van der Waals surface area contributed by atoms with E-state index in [2.05, 4.69) is 44.2 Å². The van der Waals surface area contributed by atoms with Crippen LogP contribution < -0.4 is 5.49 Å². The largest absolute Gasteiger partial charge is 0.471 e. The lowest BCUT2D eigenvalue weighted by Crippen LogP contribution is -2.44. The Balaban J connectivity index is 0.000000349. The highest BCUT2D eigenvalue weighted by Gasteiger charge is 2.37. The average molecular weight is 445 g/mol. The van der Waals surface area contributed by atoms with Crippen molar-refractivity contribution in [1.82, 2.24) is 14.5 Å². The van der Waals surface area contributed by atoms with Crippen molar-refractivity contribution in [2.45, 2.75) is 58.4 Å². The summed E-state index contributed by atoms with van der Waals surface area (Å²) in [6, 6.07) is 8.52. The molecule has 0 amide bonds. The second-order valence-corrected chi connectivity index (χ2v) is 8.21. The van der Waals surface area contributed by atoms with E-state index in [9.17, 15) is 4.39 Å². The fourth-order valence-corrected chi connectivity index (χ4v) is 4.34. The van der Waals surface area contributed by atoms with Gasteiger partial charge in [0.25, 0.3) is 6.47 Å². The highest BCUT2D eigenvalue weighted by molar-refractivity contribution is 5.70. The Kier molecular flexibility index (Phi) is 9.62. The van der Waals surface area contributed by atoms with Crippen LogP contribution in [-0.4, -0.2) is 35.2 Å². The van der Waals surface area contributed by atoms with Crippen LogP contribution >= 0.6 is 0 Å². The summed E-state index contributed by atoms with van der Waals surface area (Å²) in [6.45, 7) is 6.99. The number of halogens is 1. The number of nitrogens with zero attached hydrogens (tertiary/aromatic N) is 3. The Morgan fingerprint density at radius 1 is 1.31 bits per heavy atom. The van der Waals surface area contributed by atoms with Gasteiger partial charge >= 0.3 is 0 Å². The number of fused-ring (bicyclic) bond motifs is 1. The maximum Gasteiger partial charge on any atom is 0.292 e. The summed E-state index contributed by atoms with van der Waals surface area (Å²) in [4.78, 5) is 21.1. The number of hydrogen-bond donors (Lipinski definition) is 1. The lowest BCUT2D eigenvalue weighted by atomic mass is 9.81. The van der Waals surface area contributed by atoms with Gasteiger partial charge in [-0.3, -0.25) is 9.79 Å². The van der Waals surface area contributed by atoms with E-state index in [1.165, 1.54) is 50.4 Å². The number of carbonyl (C=O) groups is 1. The first-order valence-corrected chi connectivity index (χ1v) is 11.1. The van der Waals surface area contributed by atoms with Crippen molar-refractivity contribution < 1.29 is 15.3 Å². The highest BCUT2D eigenvalue weighted by atomic mass is 19.1. The van der Waals surface area contributed by atoms with Gasteiger partial charge in [-0.05, 0) is 57.2 Å². The number of H-pyrrole nitrogens is 1. The molecule has 1 N–H and O–H groups in total. The Labute approximate surface area is 191 Å². The SMILES string of the molecule is CCC(C)(C1CCCC1)n1c(=NC)cnc2[nH]ccc21.COC=O.Cc1ccc(F)cc1.[HH]. The van der Waals surface area contributed by atoms with Gasteiger partial charge in [0.15, 0.2) is 5.65 Å². The van der Waals surface area contributed by atoms with Gasteiger partial charge < -0.3 is 14.3 Å². The lowest BCUT2D eigenvalue weighted by Gasteiger charge is -2.38. The normalized spacial score (nSPS) is 15.9. The van der Waals surface area contributed by atoms with Crippen molar-refractivity contribution in [3.63, 3.8) is 0 Å². The van der Waals surface area contributed by atoms with Crippen LogP contribution in [0.4, 0.5) is 4.39 Å². The highest BCUT2D eigenvalue weighted by Crippen LogP contribution is 2.41. The summed E-state index contributed by atoms with van der Waals surface area (Å²) >= 11 is 0. The summed E-state index contributed by atoms with van der Waals surface area (Å²) in [5.74, 6) is 0.564. The molecule has 0 spiro atoms. The van der Waals surface area contributed by atoms with Gasteiger partial charge in [0.1, 0.15) is 11.3 Å². The zero-order chi connectivity index (χ0) is 23.6. The summed E-state index contributed by atoms with van der Waals surface area (Å²) in [7, 11) is 3.17. The van der Waals surface area contributed by atoms with E-state index in [4.69, 9.17) is 4.79 Å². The number of aromatic nitrogens is 3. The first-order chi connectivity index (χ1) is 15.4. The molecule has 1 atom stereocenters. The monoisotopic (exact) mass is 444 g/mol. The first kappa shape index (κ1) is 25.3. The summed E-state index contributed by atoms with van der Waals surface area (Å²) < 4.78 is 18.4. The molecule has 1 aliphatic rings. The molecular weight excluding hydrogens is 407 g/mol. The van der Waals surface area contributed by atoms with Crippen molar-refractivity contribution in [1.29, 1.82) is 0 Å². The number of methoxy groups -OCH3 is 1. The molecule has 1 aliphatic carbocycles. The molecule has 2 heterocycles. The smallest absolute Gasteiger partial charge is 0.292 e. The number of aryl methyl sites for hydroxylation is 1. The van der Waals surface area contributed by atoms with E-state index in [0.717, 1.165) is 29.0 Å². The standard InChI is InChI=1S/C16H24N4.C7H7F.C2H4O2.H2/c1-4-16(2,12-7-5-6-8-12)20-13-9-10-18-15(13)19-11-14(20)17-3;1-6-2-4-7(8)5-3-6;1-4-2-3;/h9-12,18H,4-8H2,1-3H3;2-5H,1H3;2H,1H3;1H. The number of ether oxygens (including phenoxy) is 1. The molecule has 1 aromatic carbocycles. The average Bonchev–Trinajstić information content (AvgIpc) is 3.53. The number of rotatable bonds is 4. The Bertz CT molecular complexity index is 1020. The third-order valence-electron chi connectivity index (χ3n) is 6.28. The molecule has 0 bridgehead atoms. The number of aromatic amines is 1. The fourth-order valence-electron chi connectivity index (χ4n) is 4.34. The molecule has 2 aromatic heterocycles. The van der Waals surface area contributed by atoms with Gasteiger partial charge in [-0.2, -0.15) is 0 Å². The third-order valence-corrected chi connectivity index (χ3v) is 6.28. The molecule has 176 valence electrons. The summed E-state index contributed by atoms with van der Waals surface area (Å²) in [5, 5.41) is 0. The van der Waals surface area contributed by atoms with Gasteiger partial charge in [0, 0.05) is 20.2 Å². The first-order valence-electron chi connectivity index (χ1n) is 11.1. The Morgan fingerprint density at radius 3 is 2.44 bits per heavy atom. The van der Waals surface area contributed by atoms with Crippen LogP contribution in [0.25, 0.3) is 11.2 Å². The quantitative estimate of drug-likeness (QED) is 0.549. The molecule has 1 fully saturated rings. The molecule has 0 aliphatic heterocycles. The van der Waals surface area contributed by atoms with Crippen molar-refractivity contribution in [2.75, 3.05) is 14.2 Å². The minimum atomic E-state index is -0.171. The summed E-state index contributed by atoms with van der Waals surface area (Å²) in [5.41, 5.74) is 4.31. The molecule has 4 rings (SSSR count). The molecule has 7 heteroatoms. The molecule has 32 heavy (non-hydrogen) atoms. The lowest BCUT2D eigenvalue weighted by molar-refractivity contribution is -0.126. The van der Waals surface area contributed by atoms with Crippen LogP contribution in [0.2, 0.25) is 0 Å². The Hall–Kier alpha value is -2.96. The zero-order valence-corrected chi connectivity index (χ0v) is 19.8. The molecular formula is C25H37FN4O2. The second-order valence-electron chi connectivity index (χ2n) is 8.21. The van der Waals surface area contributed by atoms with Gasteiger partial charge in [-0.15, -0.1) is 0 Å². The maximum absolute atomic E-state index is 12.1. The van der Waals surface area contributed by atoms with E-state index in [0.29, 0.717) is 6.47 Å². The van der Waals surface area contributed by atoms with Crippen LogP contribution in [0, 0.1) is 18.7 Å². The topological polar surface area (TPSA) is 72.3 Å². The Morgan fingerprint density at radius 2 is 1.94 bits per heavy atom. The van der Waals surface area contributed by atoms with Crippen LogP contribution in [-0.2, 0) is 15.1 Å². The summed E-state index contributed by atoms with van der Waals surface area (Å²) in [6.07, 6.45) is 10.4. The van der Waals surface area contributed by atoms with Gasteiger partial charge in [-0.25, -0.2) is 9.37 Å². The van der Waals surface area contributed by atoms with Crippen LogP contribution in [0.15, 0.2) is 47.7 Å². The minimum Gasteiger partial charge on any atom is -0.471 e. The van der Waals surface area contributed by atoms with Crippen LogP contribution in [0.3, 0.4) is 0 Å². The fraction of sp³-hybridized carbons (Fsp3) is 0.480. The van der Waals surface area contributed by atoms with E-state index in [1.807, 2.05) is 26.4 Å². The van der Waals surface area contributed by atoms with Gasteiger partial charge in [-0.1, -0.05) is 37.5 Å². The van der Waals surface area contributed by atoms with Crippen molar-refractivity contribution in [3.8, 4) is 0 Å². The van der Waals surface area contributed by atoms with Crippen molar-refractivity contribution in [3.05, 3.63) is 59.6 Å². The van der Waals surface area contributed by atoms with E-state index in [1.54, 1.807) is 12.1 Å². The van der Waals surface area contributed by atoms with Crippen LogP contribution in [0.5, 0.6) is 0 Å². The van der Waals surface area contributed by atoms with E-state index < -0.39 is 0 Å². The maximum atomic E-state index is 12.1. The van der Waals surface area contributed by atoms with E-state index >= 15 is 0 Å². The molecule has 6 nitrogen and oxygen atoms in total. The molecule has 0 saturated heterocycles. The predicted molar refractivity (Wildman–Crippen MR) is 128 cm³/mol. The van der Waals surface area contributed by atoms with Gasteiger partial charge in [0.2, 0.25) is 0 Å². The molecule has 3 aromatic rings. The number of benzene rings is 1. The molecule has 1 saturated carbocycles. The molecule has 1 unspecified atom stereocenters. The molecule has 0 radical (unpaired) electrons. The van der Waals surface area contributed by atoms with Crippen molar-refractivity contribution >= 4 is 17.6 Å².